The number of fused-ring (bicyclic) bond motifs is 2. The molecular weight excluding hydrogens is 388 g/mol. The Morgan fingerprint density at radius 1 is 1.03 bits per heavy atom. The largest absolute Gasteiger partial charge is 0.454 e. The number of benzene rings is 1. The van der Waals surface area contributed by atoms with Crippen molar-refractivity contribution in [1.82, 2.24) is 19.0 Å². The van der Waals surface area contributed by atoms with Gasteiger partial charge in [-0.1, -0.05) is 6.07 Å². The minimum atomic E-state index is -0.536. The second kappa shape index (κ2) is 7.33. The molecule has 0 bridgehead atoms. The van der Waals surface area contributed by atoms with Crippen molar-refractivity contribution in [2.75, 3.05) is 19.9 Å². The zero-order chi connectivity index (χ0) is 20.7. The molecule has 1 amide bonds. The molecule has 1 fully saturated rings. The fourth-order valence-corrected chi connectivity index (χ4v) is 3.96. The quantitative estimate of drug-likeness (QED) is 0.638. The lowest BCUT2D eigenvalue weighted by atomic mass is 10.2. The third-order valence-electron chi connectivity index (χ3n) is 5.52. The lowest BCUT2D eigenvalue weighted by molar-refractivity contribution is -0.130. The molecule has 0 atom stereocenters. The number of hydrogen-bond donors (Lipinski definition) is 0. The van der Waals surface area contributed by atoms with E-state index in [1.54, 1.807) is 35.2 Å². The Hall–Kier alpha value is -3.62. The summed E-state index contributed by atoms with van der Waals surface area (Å²) in [5.41, 5.74) is 0.212. The summed E-state index contributed by atoms with van der Waals surface area (Å²) in [4.78, 5) is 44.9. The standard InChI is InChI=1S/C21H20N4O5/c26-18(23-8-1-2-9-23)12-24-15-4-3-7-22-19(15)20(27)25(21(24)28)11-14-5-6-16-17(10-14)30-13-29-16/h3-7,10H,1-2,8-9,11-13H2. The first-order valence-electron chi connectivity index (χ1n) is 9.86. The SMILES string of the molecule is O=C(Cn1c(=O)n(Cc2ccc3c(c2)OCO3)c(=O)c2ncccc21)N1CCCC1. The van der Waals surface area contributed by atoms with Gasteiger partial charge in [-0.25, -0.2) is 9.78 Å². The van der Waals surface area contributed by atoms with Gasteiger partial charge in [-0.15, -0.1) is 0 Å². The molecule has 154 valence electrons. The molecule has 1 aromatic carbocycles. The fourth-order valence-electron chi connectivity index (χ4n) is 3.96. The number of aromatic nitrogens is 3. The van der Waals surface area contributed by atoms with E-state index in [1.165, 1.54) is 10.8 Å². The van der Waals surface area contributed by atoms with Gasteiger partial charge >= 0.3 is 5.69 Å². The van der Waals surface area contributed by atoms with Gasteiger partial charge in [0.15, 0.2) is 17.0 Å². The van der Waals surface area contributed by atoms with Crippen molar-refractivity contribution in [2.24, 2.45) is 0 Å². The van der Waals surface area contributed by atoms with Crippen molar-refractivity contribution in [1.29, 1.82) is 0 Å². The Balaban J connectivity index is 1.59. The zero-order valence-corrected chi connectivity index (χ0v) is 16.2. The van der Waals surface area contributed by atoms with Gasteiger partial charge in [0.05, 0.1) is 12.1 Å². The highest BCUT2D eigenvalue weighted by Gasteiger charge is 2.22. The van der Waals surface area contributed by atoms with Crippen LogP contribution in [0.5, 0.6) is 11.5 Å². The zero-order valence-electron chi connectivity index (χ0n) is 16.2. The van der Waals surface area contributed by atoms with Gasteiger partial charge in [-0.2, -0.15) is 0 Å². The summed E-state index contributed by atoms with van der Waals surface area (Å²) in [6.07, 6.45) is 3.44. The predicted molar refractivity (Wildman–Crippen MR) is 108 cm³/mol. The van der Waals surface area contributed by atoms with Gasteiger partial charge in [-0.05, 0) is 42.7 Å². The molecule has 1 saturated heterocycles. The van der Waals surface area contributed by atoms with E-state index in [1.807, 2.05) is 0 Å². The van der Waals surface area contributed by atoms with Crippen molar-refractivity contribution < 1.29 is 14.3 Å². The van der Waals surface area contributed by atoms with E-state index in [0.29, 0.717) is 35.7 Å². The molecule has 0 aliphatic carbocycles. The summed E-state index contributed by atoms with van der Waals surface area (Å²) in [6, 6.07) is 8.57. The highest BCUT2D eigenvalue weighted by Crippen LogP contribution is 2.32. The van der Waals surface area contributed by atoms with Crippen LogP contribution < -0.4 is 20.7 Å². The van der Waals surface area contributed by atoms with Gasteiger partial charge in [0.2, 0.25) is 12.7 Å². The summed E-state index contributed by atoms with van der Waals surface area (Å²) in [6.45, 7) is 1.45. The van der Waals surface area contributed by atoms with E-state index in [0.717, 1.165) is 17.4 Å². The topological polar surface area (TPSA) is 95.7 Å². The number of carbonyl (C=O) groups excluding carboxylic acids is 1. The summed E-state index contributed by atoms with van der Waals surface area (Å²) in [7, 11) is 0. The number of carbonyl (C=O) groups is 1. The molecular formula is C21H20N4O5. The molecule has 0 N–H and O–H groups in total. The maximum absolute atomic E-state index is 13.3. The van der Waals surface area contributed by atoms with Crippen LogP contribution in [0.25, 0.3) is 11.0 Å². The van der Waals surface area contributed by atoms with Gasteiger partial charge in [0.25, 0.3) is 5.56 Å². The first kappa shape index (κ1) is 18.4. The fraction of sp³-hybridized carbons (Fsp3) is 0.333. The molecule has 4 heterocycles. The number of pyridine rings is 1. The van der Waals surface area contributed by atoms with Crippen LogP contribution in [0.15, 0.2) is 46.1 Å². The van der Waals surface area contributed by atoms with Crippen molar-refractivity contribution in [2.45, 2.75) is 25.9 Å². The number of nitrogens with zero attached hydrogens (tertiary/aromatic N) is 4. The molecule has 2 aliphatic rings. The molecule has 2 aliphatic heterocycles. The number of likely N-dealkylation sites (tertiary alicyclic amines) is 1. The lowest BCUT2D eigenvalue weighted by Gasteiger charge is -2.18. The summed E-state index contributed by atoms with van der Waals surface area (Å²) in [5.74, 6) is 1.07. The van der Waals surface area contributed by atoms with E-state index >= 15 is 0 Å². The Morgan fingerprint density at radius 3 is 2.67 bits per heavy atom. The minimum Gasteiger partial charge on any atom is -0.454 e. The maximum atomic E-state index is 13.3. The predicted octanol–water partition coefficient (Wildman–Crippen LogP) is 0.958. The first-order chi connectivity index (χ1) is 14.6. The molecule has 30 heavy (non-hydrogen) atoms. The highest BCUT2D eigenvalue weighted by atomic mass is 16.7. The van der Waals surface area contributed by atoms with E-state index in [4.69, 9.17) is 9.47 Å². The molecule has 0 saturated carbocycles. The molecule has 0 radical (unpaired) electrons. The second-order valence-electron chi connectivity index (χ2n) is 7.41. The van der Waals surface area contributed by atoms with Crippen molar-refractivity contribution in [3.8, 4) is 11.5 Å². The molecule has 5 rings (SSSR count). The molecule has 0 spiro atoms. The molecule has 0 unspecified atom stereocenters. The smallest absolute Gasteiger partial charge is 0.332 e. The van der Waals surface area contributed by atoms with E-state index in [-0.39, 0.29) is 31.3 Å². The number of amides is 1. The van der Waals surface area contributed by atoms with Crippen molar-refractivity contribution in [3.05, 3.63) is 62.9 Å². The average molecular weight is 408 g/mol. The van der Waals surface area contributed by atoms with E-state index in [9.17, 15) is 14.4 Å². The van der Waals surface area contributed by atoms with E-state index in [2.05, 4.69) is 4.98 Å². The third-order valence-corrected chi connectivity index (χ3v) is 5.52. The second-order valence-corrected chi connectivity index (χ2v) is 7.41. The Bertz CT molecular complexity index is 1260. The van der Waals surface area contributed by atoms with Crippen molar-refractivity contribution in [3.63, 3.8) is 0 Å². The van der Waals surface area contributed by atoms with Gasteiger partial charge in [0, 0.05) is 19.3 Å². The summed E-state index contributed by atoms with van der Waals surface area (Å²) < 4.78 is 13.2. The summed E-state index contributed by atoms with van der Waals surface area (Å²) in [5, 5.41) is 0. The van der Waals surface area contributed by atoms with Crippen LogP contribution in [0.1, 0.15) is 18.4 Å². The molecule has 3 aromatic rings. The van der Waals surface area contributed by atoms with E-state index < -0.39 is 11.2 Å². The van der Waals surface area contributed by atoms with Crippen molar-refractivity contribution >= 4 is 16.9 Å². The van der Waals surface area contributed by atoms with Crippen LogP contribution in [-0.2, 0) is 17.9 Å². The van der Waals surface area contributed by atoms with Crippen LogP contribution in [0.4, 0.5) is 0 Å². The average Bonchev–Trinajstić information content (AvgIpc) is 3.46. The highest BCUT2D eigenvalue weighted by molar-refractivity contribution is 5.79. The Morgan fingerprint density at radius 2 is 1.83 bits per heavy atom. The Labute approximate surface area is 171 Å². The summed E-state index contributed by atoms with van der Waals surface area (Å²) >= 11 is 0. The van der Waals surface area contributed by atoms with Crippen LogP contribution in [-0.4, -0.2) is 44.8 Å². The minimum absolute atomic E-state index is 0.0404. The molecule has 9 heteroatoms. The first-order valence-corrected chi connectivity index (χ1v) is 9.86. The molecule has 9 nitrogen and oxygen atoms in total. The maximum Gasteiger partial charge on any atom is 0.332 e. The third kappa shape index (κ3) is 3.12. The number of ether oxygens (including phenoxy) is 2. The number of rotatable bonds is 4. The van der Waals surface area contributed by atoms with Crippen LogP contribution in [0.3, 0.4) is 0 Å². The van der Waals surface area contributed by atoms with Gasteiger partial charge in [0.1, 0.15) is 6.54 Å². The normalized spacial score (nSPS) is 15.1. The number of hydrogen-bond acceptors (Lipinski definition) is 6. The lowest BCUT2D eigenvalue weighted by Crippen LogP contribution is -2.43. The van der Waals surface area contributed by atoms with Crippen LogP contribution in [0, 0.1) is 0 Å². The molecule has 2 aromatic heterocycles. The van der Waals surface area contributed by atoms with Crippen LogP contribution >= 0.6 is 0 Å². The monoisotopic (exact) mass is 408 g/mol. The van der Waals surface area contributed by atoms with Crippen LogP contribution in [0.2, 0.25) is 0 Å². The van der Waals surface area contributed by atoms with Gasteiger partial charge in [-0.3, -0.25) is 18.7 Å². The Kier molecular flexibility index (Phi) is 4.50. The van der Waals surface area contributed by atoms with Gasteiger partial charge < -0.3 is 14.4 Å².